The number of hydrogen-bond acceptors (Lipinski definition) is 5. The predicted molar refractivity (Wildman–Crippen MR) is 83.1 cm³/mol. The van der Waals surface area contributed by atoms with Crippen LogP contribution in [0.25, 0.3) is 0 Å². The average Bonchev–Trinajstić information content (AvgIpc) is 2.84. The van der Waals surface area contributed by atoms with Gasteiger partial charge >= 0.3 is 6.09 Å². The SMILES string of the molecule is CC(C)(C)OC(=O)N1CCCC1CNc1ccc(N)cn1. The highest BCUT2D eigenvalue weighted by atomic mass is 16.6. The molecule has 1 saturated heterocycles. The van der Waals surface area contributed by atoms with Crippen molar-refractivity contribution in [1.82, 2.24) is 9.88 Å². The Labute approximate surface area is 125 Å². The zero-order chi connectivity index (χ0) is 15.5. The third kappa shape index (κ3) is 4.51. The topological polar surface area (TPSA) is 80.5 Å². The summed E-state index contributed by atoms with van der Waals surface area (Å²) in [6, 6.07) is 3.77. The van der Waals surface area contributed by atoms with Crippen molar-refractivity contribution in [3.8, 4) is 0 Å². The highest BCUT2D eigenvalue weighted by molar-refractivity contribution is 5.69. The predicted octanol–water partition coefficient (Wildman–Crippen LogP) is 2.48. The first-order valence-corrected chi connectivity index (χ1v) is 7.30. The molecule has 1 aliphatic heterocycles. The van der Waals surface area contributed by atoms with Crippen LogP contribution in [-0.4, -0.2) is 40.7 Å². The standard InChI is InChI=1S/C15H24N4O2/c1-15(2,3)21-14(20)19-8-4-5-12(19)10-18-13-7-6-11(16)9-17-13/h6-7,9,12H,4-5,8,10,16H2,1-3H3,(H,17,18). The quantitative estimate of drug-likeness (QED) is 0.894. The van der Waals surface area contributed by atoms with Gasteiger partial charge in [0.15, 0.2) is 0 Å². The Balaban J connectivity index is 1.90. The molecule has 6 nitrogen and oxygen atoms in total. The number of carbonyl (C=O) groups excluding carboxylic acids is 1. The zero-order valence-corrected chi connectivity index (χ0v) is 12.9. The van der Waals surface area contributed by atoms with Gasteiger partial charge in [0, 0.05) is 13.1 Å². The van der Waals surface area contributed by atoms with E-state index in [-0.39, 0.29) is 12.1 Å². The van der Waals surface area contributed by atoms with E-state index in [1.54, 1.807) is 17.2 Å². The number of hydrogen-bond donors (Lipinski definition) is 2. The number of pyridine rings is 1. The minimum atomic E-state index is -0.462. The summed E-state index contributed by atoms with van der Waals surface area (Å²) in [4.78, 5) is 18.2. The van der Waals surface area contributed by atoms with E-state index in [1.807, 2.05) is 26.8 Å². The number of nitrogens with zero attached hydrogens (tertiary/aromatic N) is 2. The van der Waals surface area contributed by atoms with E-state index >= 15 is 0 Å². The maximum absolute atomic E-state index is 12.2. The van der Waals surface area contributed by atoms with Crippen LogP contribution in [0.1, 0.15) is 33.6 Å². The van der Waals surface area contributed by atoms with Gasteiger partial charge in [-0.25, -0.2) is 9.78 Å². The van der Waals surface area contributed by atoms with E-state index < -0.39 is 5.60 Å². The second-order valence-corrected chi connectivity index (χ2v) is 6.33. The van der Waals surface area contributed by atoms with Gasteiger partial charge < -0.3 is 20.7 Å². The van der Waals surface area contributed by atoms with Gasteiger partial charge in [-0.1, -0.05) is 0 Å². The van der Waals surface area contributed by atoms with Crippen molar-refractivity contribution in [2.24, 2.45) is 0 Å². The first-order valence-electron chi connectivity index (χ1n) is 7.30. The van der Waals surface area contributed by atoms with Crippen molar-refractivity contribution >= 4 is 17.6 Å². The molecule has 1 fully saturated rings. The molecule has 21 heavy (non-hydrogen) atoms. The molecule has 1 amide bonds. The number of aromatic nitrogens is 1. The summed E-state index contributed by atoms with van der Waals surface area (Å²) in [6.07, 6.45) is 3.35. The fourth-order valence-corrected chi connectivity index (χ4v) is 2.34. The van der Waals surface area contributed by atoms with E-state index in [1.165, 1.54) is 0 Å². The number of anilines is 2. The minimum Gasteiger partial charge on any atom is -0.444 e. The van der Waals surface area contributed by atoms with Gasteiger partial charge in [-0.05, 0) is 45.7 Å². The third-order valence-corrected chi connectivity index (χ3v) is 3.31. The van der Waals surface area contributed by atoms with Crippen LogP contribution in [-0.2, 0) is 4.74 Å². The Morgan fingerprint density at radius 1 is 1.52 bits per heavy atom. The number of ether oxygens (including phenoxy) is 1. The van der Waals surface area contributed by atoms with Crippen molar-refractivity contribution in [2.45, 2.75) is 45.3 Å². The summed E-state index contributed by atoms with van der Waals surface area (Å²) in [7, 11) is 0. The Bertz CT molecular complexity index is 481. The molecule has 0 saturated carbocycles. The Hall–Kier alpha value is -1.98. The molecule has 3 N–H and O–H groups in total. The van der Waals surface area contributed by atoms with E-state index in [4.69, 9.17) is 10.5 Å². The summed E-state index contributed by atoms with van der Waals surface area (Å²) < 4.78 is 5.45. The van der Waals surface area contributed by atoms with Gasteiger partial charge in [-0.2, -0.15) is 0 Å². The van der Waals surface area contributed by atoms with Crippen LogP contribution in [0, 0.1) is 0 Å². The minimum absolute atomic E-state index is 0.138. The number of nitrogens with one attached hydrogen (secondary N) is 1. The molecule has 6 heteroatoms. The largest absolute Gasteiger partial charge is 0.444 e. The average molecular weight is 292 g/mol. The van der Waals surface area contributed by atoms with Crippen LogP contribution in [0.2, 0.25) is 0 Å². The summed E-state index contributed by atoms with van der Waals surface area (Å²) >= 11 is 0. The lowest BCUT2D eigenvalue weighted by molar-refractivity contribution is 0.0235. The van der Waals surface area contributed by atoms with Crippen LogP contribution in [0.5, 0.6) is 0 Å². The Morgan fingerprint density at radius 3 is 2.90 bits per heavy atom. The lowest BCUT2D eigenvalue weighted by Crippen LogP contribution is -2.42. The van der Waals surface area contributed by atoms with Gasteiger partial charge in [-0.15, -0.1) is 0 Å². The fourth-order valence-electron chi connectivity index (χ4n) is 2.34. The second-order valence-electron chi connectivity index (χ2n) is 6.33. The van der Waals surface area contributed by atoms with Crippen LogP contribution < -0.4 is 11.1 Å². The molecule has 2 heterocycles. The molecule has 116 valence electrons. The Morgan fingerprint density at radius 2 is 2.29 bits per heavy atom. The van der Waals surface area contributed by atoms with Crippen LogP contribution in [0.15, 0.2) is 18.3 Å². The maximum Gasteiger partial charge on any atom is 0.410 e. The maximum atomic E-state index is 12.2. The Kier molecular flexibility index (Phi) is 4.55. The molecular weight excluding hydrogens is 268 g/mol. The van der Waals surface area contributed by atoms with Crippen molar-refractivity contribution in [3.05, 3.63) is 18.3 Å². The van der Waals surface area contributed by atoms with Crippen LogP contribution in [0.4, 0.5) is 16.3 Å². The molecule has 1 atom stereocenters. The van der Waals surface area contributed by atoms with Crippen LogP contribution in [0.3, 0.4) is 0 Å². The molecule has 0 bridgehead atoms. The lowest BCUT2D eigenvalue weighted by atomic mass is 10.2. The normalized spacial score (nSPS) is 18.6. The van der Waals surface area contributed by atoms with Gasteiger partial charge in [0.1, 0.15) is 11.4 Å². The van der Waals surface area contributed by atoms with Crippen molar-refractivity contribution in [1.29, 1.82) is 0 Å². The van der Waals surface area contributed by atoms with E-state index in [9.17, 15) is 4.79 Å². The number of rotatable bonds is 3. The molecule has 1 aromatic heterocycles. The number of carbonyl (C=O) groups is 1. The smallest absolute Gasteiger partial charge is 0.410 e. The first-order chi connectivity index (χ1) is 9.85. The number of nitrogens with two attached hydrogens (primary N) is 1. The number of amides is 1. The van der Waals surface area contributed by atoms with E-state index in [2.05, 4.69) is 10.3 Å². The van der Waals surface area contributed by atoms with Crippen molar-refractivity contribution in [3.63, 3.8) is 0 Å². The highest BCUT2D eigenvalue weighted by Gasteiger charge is 2.31. The fraction of sp³-hybridized carbons (Fsp3) is 0.600. The van der Waals surface area contributed by atoms with Crippen LogP contribution >= 0.6 is 0 Å². The summed E-state index contributed by atoms with van der Waals surface area (Å²) in [6.45, 7) is 7.05. The second kappa shape index (κ2) is 6.20. The molecule has 1 aromatic rings. The van der Waals surface area contributed by atoms with E-state index in [0.717, 1.165) is 25.2 Å². The van der Waals surface area contributed by atoms with Crippen molar-refractivity contribution in [2.75, 3.05) is 24.1 Å². The molecule has 1 unspecified atom stereocenters. The summed E-state index contributed by atoms with van der Waals surface area (Å²) in [5.74, 6) is 0.764. The monoisotopic (exact) mass is 292 g/mol. The first kappa shape index (κ1) is 15.4. The van der Waals surface area contributed by atoms with Gasteiger partial charge in [-0.3, -0.25) is 0 Å². The number of likely N-dealkylation sites (tertiary alicyclic amines) is 1. The molecule has 0 aromatic carbocycles. The van der Waals surface area contributed by atoms with Crippen molar-refractivity contribution < 1.29 is 9.53 Å². The summed E-state index contributed by atoms with van der Waals surface area (Å²) in [5.41, 5.74) is 5.78. The molecule has 0 aliphatic carbocycles. The molecule has 0 radical (unpaired) electrons. The molecule has 1 aliphatic rings. The summed E-state index contributed by atoms with van der Waals surface area (Å²) in [5, 5.41) is 3.25. The molecule has 0 spiro atoms. The lowest BCUT2D eigenvalue weighted by Gasteiger charge is -2.28. The molecular formula is C15H24N4O2. The third-order valence-electron chi connectivity index (χ3n) is 3.31. The van der Waals surface area contributed by atoms with Gasteiger partial charge in [0.05, 0.1) is 17.9 Å². The molecule has 2 rings (SSSR count). The zero-order valence-electron chi connectivity index (χ0n) is 12.9. The highest BCUT2D eigenvalue weighted by Crippen LogP contribution is 2.21. The van der Waals surface area contributed by atoms with Gasteiger partial charge in [0.2, 0.25) is 0 Å². The van der Waals surface area contributed by atoms with E-state index in [0.29, 0.717) is 12.2 Å². The number of nitrogen functional groups attached to an aromatic ring is 1. The van der Waals surface area contributed by atoms with Gasteiger partial charge in [0.25, 0.3) is 0 Å².